The van der Waals surface area contributed by atoms with Gasteiger partial charge in [0.2, 0.25) is 0 Å². The predicted octanol–water partition coefficient (Wildman–Crippen LogP) is 5.25. The molecule has 0 saturated carbocycles. The maximum absolute atomic E-state index is 2.29. The molecule has 0 bridgehead atoms. The lowest BCUT2D eigenvalue weighted by atomic mass is 9.92. The van der Waals surface area contributed by atoms with Gasteiger partial charge >= 0.3 is 0 Å². The van der Waals surface area contributed by atoms with Crippen LogP contribution in [0.1, 0.15) is 31.4 Å². The molecule has 0 aliphatic heterocycles. The molecular weight excluding hydrogens is 216 g/mol. The molecule has 94 valence electrons. The minimum absolute atomic E-state index is 0.759. The summed E-state index contributed by atoms with van der Waals surface area (Å²) in [5.41, 5.74) is 5.60. The van der Waals surface area contributed by atoms with Gasteiger partial charge in [0.1, 0.15) is 0 Å². The number of hydrogen-bond acceptors (Lipinski definition) is 0. The molecule has 0 radical (unpaired) electrons. The van der Waals surface area contributed by atoms with Crippen LogP contribution < -0.4 is 0 Å². The Kier molecular flexibility index (Phi) is 4.19. The summed E-state index contributed by atoms with van der Waals surface area (Å²) in [7, 11) is 0. The van der Waals surface area contributed by atoms with Gasteiger partial charge in [0.25, 0.3) is 0 Å². The fraction of sp³-hybridized carbons (Fsp3) is 0.333. The molecule has 0 N–H and O–H groups in total. The Morgan fingerprint density at radius 1 is 0.833 bits per heavy atom. The van der Waals surface area contributed by atoms with Gasteiger partial charge in [-0.2, -0.15) is 0 Å². The SMILES string of the molecule is Cc1ccccc1-c1ccccc1CCC(C)C. The molecule has 0 aromatic heterocycles. The second kappa shape index (κ2) is 5.86. The summed E-state index contributed by atoms with van der Waals surface area (Å²) >= 11 is 0. The van der Waals surface area contributed by atoms with E-state index in [0.717, 1.165) is 5.92 Å². The standard InChI is InChI=1S/C18H22/c1-14(2)12-13-16-9-5-7-11-18(16)17-10-6-4-8-15(17)3/h4-11,14H,12-13H2,1-3H3. The van der Waals surface area contributed by atoms with Crippen molar-refractivity contribution in [1.82, 2.24) is 0 Å². The van der Waals surface area contributed by atoms with Crippen molar-refractivity contribution in [2.45, 2.75) is 33.6 Å². The highest BCUT2D eigenvalue weighted by molar-refractivity contribution is 5.70. The van der Waals surface area contributed by atoms with Crippen molar-refractivity contribution >= 4 is 0 Å². The van der Waals surface area contributed by atoms with Crippen molar-refractivity contribution in [2.24, 2.45) is 5.92 Å². The molecule has 2 aromatic rings. The zero-order valence-electron chi connectivity index (χ0n) is 11.6. The molecule has 0 heteroatoms. The van der Waals surface area contributed by atoms with Crippen LogP contribution in [0.4, 0.5) is 0 Å². The first-order valence-electron chi connectivity index (χ1n) is 6.82. The van der Waals surface area contributed by atoms with Gasteiger partial charge in [0, 0.05) is 0 Å². The van der Waals surface area contributed by atoms with E-state index in [1.807, 2.05) is 0 Å². The number of hydrogen-bond donors (Lipinski definition) is 0. The molecular formula is C18H22. The number of benzene rings is 2. The Balaban J connectivity index is 2.36. The van der Waals surface area contributed by atoms with Gasteiger partial charge in [-0.3, -0.25) is 0 Å². The first-order valence-corrected chi connectivity index (χ1v) is 6.82. The summed E-state index contributed by atoms with van der Waals surface area (Å²) < 4.78 is 0. The van der Waals surface area contributed by atoms with Crippen LogP contribution >= 0.6 is 0 Å². The molecule has 2 aromatic carbocycles. The maximum atomic E-state index is 2.29. The summed E-state index contributed by atoms with van der Waals surface area (Å²) in [5.74, 6) is 0.759. The third-order valence-corrected chi connectivity index (χ3v) is 3.44. The lowest BCUT2D eigenvalue weighted by Gasteiger charge is -2.13. The van der Waals surface area contributed by atoms with E-state index in [4.69, 9.17) is 0 Å². The van der Waals surface area contributed by atoms with Crippen LogP contribution in [0.25, 0.3) is 11.1 Å². The van der Waals surface area contributed by atoms with Crippen molar-refractivity contribution in [3.63, 3.8) is 0 Å². The molecule has 2 rings (SSSR count). The molecule has 0 aliphatic carbocycles. The fourth-order valence-corrected chi connectivity index (χ4v) is 2.32. The van der Waals surface area contributed by atoms with Gasteiger partial charge in [-0.15, -0.1) is 0 Å². The quantitative estimate of drug-likeness (QED) is 0.682. The summed E-state index contributed by atoms with van der Waals surface area (Å²) in [4.78, 5) is 0. The Morgan fingerprint density at radius 3 is 2.11 bits per heavy atom. The fourth-order valence-electron chi connectivity index (χ4n) is 2.32. The van der Waals surface area contributed by atoms with E-state index in [2.05, 4.69) is 69.3 Å². The van der Waals surface area contributed by atoms with Gasteiger partial charge in [0.15, 0.2) is 0 Å². The Morgan fingerprint density at radius 2 is 1.44 bits per heavy atom. The monoisotopic (exact) mass is 238 g/mol. The minimum Gasteiger partial charge on any atom is -0.0628 e. The van der Waals surface area contributed by atoms with Gasteiger partial charge in [-0.25, -0.2) is 0 Å². The van der Waals surface area contributed by atoms with E-state index in [1.165, 1.54) is 35.1 Å². The summed E-state index contributed by atoms with van der Waals surface area (Å²) in [6, 6.07) is 17.5. The molecule has 0 amide bonds. The largest absolute Gasteiger partial charge is 0.0628 e. The molecule has 18 heavy (non-hydrogen) atoms. The number of rotatable bonds is 4. The molecule has 0 saturated heterocycles. The highest BCUT2D eigenvalue weighted by atomic mass is 14.1. The maximum Gasteiger partial charge on any atom is -0.0149 e. The molecule has 0 aliphatic rings. The highest BCUT2D eigenvalue weighted by Gasteiger charge is 2.07. The van der Waals surface area contributed by atoms with Crippen molar-refractivity contribution in [3.8, 4) is 11.1 Å². The first-order chi connectivity index (χ1) is 8.68. The van der Waals surface area contributed by atoms with Crippen LogP contribution in [0, 0.1) is 12.8 Å². The molecule has 0 heterocycles. The Labute approximate surface area is 111 Å². The van der Waals surface area contributed by atoms with E-state index in [9.17, 15) is 0 Å². The molecule has 0 atom stereocenters. The molecule has 0 spiro atoms. The third kappa shape index (κ3) is 3.01. The Hall–Kier alpha value is -1.56. The average Bonchev–Trinajstić information content (AvgIpc) is 2.37. The molecule has 0 nitrogen and oxygen atoms in total. The zero-order valence-corrected chi connectivity index (χ0v) is 11.6. The summed E-state index contributed by atoms with van der Waals surface area (Å²) in [6.45, 7) is 6.77. The molecule has 0 unspecified atom stereocenters. The van der Waals surface area contributed by atoms with Crippen LogP contribution in [0.3, 0.4) is 0 Å². The van der Waals surface area contributed by atoms with E-state index in [1.54, 1.807) is 0 Å². The lowest BCUT2D eigenvalue weighted by molar-refractivity contribution is 0.587. The van der Waals surface area contributed by atoms with Gasteiger partial charge in [0.05, 0.1) is 0 Å². The van der Waals surface area contributed by atoms with E-state index < -0.39 is 0 Å². The second-order valence-electron chi connectivity index (χ2n) is 5.40. The lowest BCUT2D eigenvalue weighted by Crippen LogP contribution is -1.95. The summed E-state index contributed by atoms with van der Waals surface area (Å²) in [5, 5.41) is 0. The average molecular weight is 238 g/mol. The van der Waals surface area contributed by atoms with Crippen molar-refractivity contribution in [3.05, 3.63) is 59.7 Å². The summed E-state index contributed by atoms with van der Waals surface area (Å²) in [6.07, 6.45) is 2.42. The number of aryl methyl sites for hydroxylation is 2. The van der Waals surface area contributed by atoms with Gasteiger partial charge < -0.3 is 0 Å². The van der Waals surface area contributed by atoms with Crippen molar-refractivity contribution < 1.29 is 0 Å². The first kappa shape index (κ1) is 12.9. The van der Waals surface area contributed by atoms with Crippen LogP contribution in [0.2, 0.25) is 0 Å². The van der Waals surface area contributed by atoms with Crippen molar-refractivity contribution in [2.75, 3.05) is 0 Å². The predicted molar refractivity (Wildman–Crippen MR) is 79.8 cm³/mol. The third-order valence-electron chi connectivity index (χ3n) is 3.44. The van der Waals surface area contributed by atoms with Crippen LogP contribution in [0.5, 0.6) is 0 Å². The Bertz CT molecular complexity index is 509. The van der Waals surface area contributed by atoms with E-state index >= 15 is 0 Å². The normalized spacial score (nSPS) is 10.9. The van der Waals surface area contributed by atoms with E-state index in [0.29, 0.717) is 0 Å². The smallest absolute Gasteiger partial charge is 0.0149 e. The van der Waals surface area contributed by atoms with Crippen molar-refractivity contribution in [1.29, 1.82) is 0 Å². The second-order valence-corrected chi connectivity index (χ2v) is 5.40. The minimum atomic E-state index is 0.759. The zero-order chi connectivity index (χ0) is 13.0. The van der Waals surface area contributed by atoms with Gasteiger partial charge in [-0.05, 0) is 47.9 Å². The highest BCUT2D eigenvalue weighted by Crippen LogP contribution is 2.27. The molecule has 0 fully saturated rings. The van der Waals surface area contributed by atoms with Crippen LogP contribution in [0.15, 0.2) is 48.5 Å². The van der Waals surface area contributed by atoms with Crippen LogP contribution in [-0.2, 0) is 6.42 Å². The van der Waals surface area contributed by atoms with E-state index in [-0.39, 0.29) is 0 Å². The van der Waals surface area contributed by atoms with Gasteiger partial charge in [-0.1, -0.05) is 62.4 Å². The topological polar surface area (TPSA) is 0 Å². The van der Waals surface area contributed by atoms with Crippen LogP contribution in [-0.4, -0.2) is 0 Å².